The van der Waals surface area contributed by atoms with Gasteiger partial charge in [0.05, 0.1) is 13.2 Å². The quantitative estimate of drug-likeness (QED) is 0.560. The van der Waals surface area contributed by atoms with Crippen molar-refractivity contribution in [3.05, 3.63) is 35.3 Å². The molecule has 0 aliphatic carbocycles. The van der Waals surface area contributed by atoms with Gasteiger partial charge in [-0.1, -0.05) is 6.07 Å². The summed E-state index contributed by atoms with van der Waals surface area (Å²) >= 11 is 0. The smallest absolute Gasteiger partial charge is 0.387 e. The molecule has 33 heavy (non-hydrogen) atoms. The number of alkyl halides is 2. The van der Waals surface area contributed by atoms with E-state index in [1.165, 1.54) is 6.07 Å². The summed E-state index contributed by atoms with van der Waals surface area (Å²) in [6.45, 7) is 3.56. The number of aromatic nitrogens is 1. The highest BCUT2D eigenvalue weighted by molar-refractivity contribution is 5.78. The zero-order valence-electron chi connectivity index (χ0n) is 18.9. The number of hydrogen-bond acceptors (Lipinski definition) is 8. The van der Waals surface area contributed by atoms with Crippen LogP contribution in [0.2, 0.25) is 0 Å². The van der Waals surface area contributed by atoms with Crippen molar-refractivity contribution in [3.63, 3.8) is 0 Å². The van der Waals surface area contributed by atoms with Gasteiger partial charge < -0.3 is 23.7 Å². The van der Waals surface area contributed by atoms with Gasteiger partial charge in [-0.3, -0.25) is 9.69 Å². The highest BCUT2D eigenvalue weighted by Gasteiger charge is 2.26. The average molecular weight is 463 g/mol. The van der Waals surface area contributed by atoms with Crippen LogP contribution in [0.25, 0.3) is 0 Å². The summed E-state index contributed by atoms with van der Waals surface area (Å²) in [6.07, 6.45) is 0. The number of nitriles is 1. The van der Waals surface area contributed by atoms with E-state index in [-0.39, 0.29) is 29.6 Å². The molecule has 0 atom stereocenters. The number of piperazine rings is 1. The van der Waals surface area contributed by atoms with Crippen molar-refractivity contribution >= 4 is 11.8 Å². The summed E-state index contributed by atoms with van der Waals surface area (Å²) in [5, 5.41) is 9.21. The molecule has 2 heterocycles. The van der Waals surface area contributed by atoms with E-state index in [1.807, 2.05) is 22.9 Å². The first-order valence-electron chi connectivity index (χ1n) is 10.6. The number of halogens is 2. The monoisotopic (exact) mass is 463 g/mol. The first-order valence-corrected chi connectivity index (χ1v) is 10.6. The molecule has 2 aromatic rings. The van der Waals surface area contributed by atoms with E-state index < -0.39 is 6.61 Å². The molecule has 1 aliphatic heterocycles. The molecule has 0 unspecified atom stereocenters. The Morgan fingerprint density at radius 2 is 2.03 bits per heavy atom. The molecule has 1 fully saturated rings. The van der Waals surface area contributed by atoms with Gasteiger partial charge in [0.15, 0.2) is 17.4 Å². The molecule has 1 aliphatic rings. The van der Waals surface area contributed by atoms with Crippen LogP contribution in [0, 0.1) is 18.3 Å². The van der Waals surface area contributed by atoms with Crippen molar-refractivity contribution in [1.82, 2.24) is 14.8 Å². The molecule has 9 nitrogen and oxygen atoms in total. The van der Waals surface area contributed by atoms with Crippen molar-refractivity contribution in [1.29, 1.82) is 5.26 Å². The van der Waals surface area contributed by atoms with Gasteiger partial charge >= 0.3 is 6.61 Å². The fourth-order valence-corrected chi connectivity index (χ4v) is 3.67. The Balaban J connectivity index is 1.54. The Morgan fingerprint density at radius 3 is 2.67 bits per heavy atom. The molecule has 3 rings (SSSR count). The van der Waals surface area contributed by atoms with Crippen LogP contribution in [0.4, 0.5) is 14.7 Å². The Kier molecular flexibility index (Phi) is 8.06. The summed E-state index contributed by atoms with van der Waals surface area (Å²) in [5.74, 6) is 1.08. The van der Waals surface area contributed by atoms with Crippen molar-refractivity contribution in [2.24, 2.45) is 0 Å². The van der Waals surface area contributed by atoms with E-state index in [0.29, 0.717) is 51.1 Å². The first kappa shape index (κ1) is 24.3. The lowest BCUT2D eigenvalue weighted by Gasteiger charge is -2.35. The van der Waals surface area contributed by atoms with Crippen LogP contribution in [-0.2, 0) is 11.3 Å². The molecule has 178 valence electrons. The van der Waals surface area contributed by atoms with Crippen LogP contribution in [-0.4, -0.2) is 73.7 Å². The van der Waals surface area contributed by atoms with Crippen LogP contribution in [0.1, 0.15) is 24.1 Å². The Morgan fingerprint density at radius 1 is 1.30 bits per heavy atom. The number of anilines is 1. The summed E-state index contributed by atoms with van der Waals surface area (Å²) < 4.78 is 40.6. The van der Waals surface area contributed by atoms with Gasteiger partial charge in [0, 0.05) is 39.6 Å². The van der Waals surface area contributed by atoms with Gasteiger partial charge in [-0.2, -0.15) is 14.0 Å². The van der Waals surface area contributed by atoms with E-state index in [1.54, 1.807) is 30.9 Å². The van der Waals surface area contributed by atoms with Crippen molar-refractivity contribution in [2.75, 3.05) is 51.3 Å². The number of hydrogen-bond donors (Lipinski definition) is 0. The van der Waals surface area contributed by atoms with Gasteiger partial charge in [-0.15, -0.1) is 0 Å². The lowest BCUT2D eigenvalue weighted by molar-refractivity contribution is -0.132. The second kappa shape index (κ2) is 11.0. The number of carbonyl (C=O) groups excluding carboxylic acids is 1. The van der Waals surface area contributed by atoms with Crippen LogP contribution >= 0.6 is 0 Å². The third-order valence-corrected chi connectivity index (χ3v) is 5.12. The van der Waals surface area contributed by atoms with Gasteiger partial charge in [0.25, 0.3) is 0 Å². The molecule has 1 aromatic carbocycles. The van der Waals surface area contributed by atoms with E-state index in [4.69, 9.17) is 9.15 Å². The molecule has 0 spiro atoms. The van der Waals surface area contributed by atoms with E-state index >= 15 is 0 Å². The SMILES string of the molecule is CCOc1cc(CN(C)CC(=O)N2CCN(c3oc(C)nc3C#N)CC2)ccc1OC(F)F. The zero-order chi connectivity index (χ0) is 24.0. The molecule has 1 aromatic heterocycles. The van der Waals surface area contributed by atoms with E-state index in [2.05, 4.69) is 9.72 Å². The number of benzene rings is 1. The van der Waals surface area contributed by atoms with Crippen LogP contribution in [0.3, 0.4) is 0 Å². The maximum atomic E-state index is 12.8. The molecule has 1 amide bonds. The summed E-state index contributed by atoms with van der Waals surface area (Å²) in [6, 6.07) is 6.80. The molecule has 0 saturated carbocycles. The van der Waals surface area contributed by atoms with Crippen LogP contribution in [0.15, 0.2) is 22.6 Å². The fraction of sp³-hybridized carbons (Fsp3) is 0.500. The lowest BCUT2D eigenvalue weighted by Crippen LogP contribution is -2.51. The number of oxazole rings is 1. The predicted molar refractivity (Wildman–Crippen MR) is 115 cm³/mol. The van der Waals surface area contributed by atoms with E-state index in [9.17, 15) is 18.8 Å². The van der Waals surface area contributed by atoms with Crippen LogP contribution in [0.5, 0.6) is 11.5 Å². The maximum absolute atomic E-state index is 12.8. The van der Waals surface area contributed by atoms with Gasteiger partial charge in [-0.25, -0.2) is 4.98 Å². The fourth-order valence-electron chi connectivity index (χ4n) is 3.67. The summed E-state index contributed by atoms with van der Waals surface area (Å²) in [5.41, 5.74) is 1.06. The molecule has 1 saturated heterocycles. The minimum atomic E-state index is -2.93. The summed E-state index contributed by atoms with van der Waals surface area (Å²) in [7, 11) is 1.81. The standard InChI is InChI=1S/C22H27F2N5O4/c1-4-31-19-11-16(5-6-18(19)33-22(23)24)13-27(3)14-20(30)28-7-9-29(10-8-28)21-17(12-25)26-15(2)32-21/h5-6,11,22H,4,7-10,13-14H2,1-3H3. The molecule has 0 bridgehead atoms. The second-order valence-electron chi connectivity index (χ2n) is 7.63. The minimum absolute atomic E-state index is 0.0194. The average Bonchev–Trinajstić information content (AvgIpc) is 3.16. The highest BCUT2D eigenvalue weighted by Crippen LogP contribution is 2.30. The molecule has 0 radical (unpaired) electrons. The van der Waals surface area contributed by atoms with Crippen LogP contribution < -0.4 is 14.4 Å². The lowest BCUT2D eigenvalue weighted by atomic mass is 10.2. The van der Waals surface area contributed by atoms with Gasteiger partial charge in [-0.05, 0) is 31.7 Å². The largest absolute Gasteiger partial charge is 0.490 e. The number of carbonyl (C=O) groups is 1. The topological polar surface area (TPSA) is 95.1 Å². The molecular weight excluding hydrogens is 436 g/mol. The summed E-state index contributed by atoms with van der Waals surface area (Å²) in [4.78, 5) is 22.4. The second-order valence-corrected chi connectivity index (χ2v) is 7.63. The third kappa shape index (κ3) is 6.32. The van der Waals surface area contributed by atoms with Crippen molar-refractivity contribution in [2.45, 2.75) is 27.0 Å². The number of amides is 1. The predicted octanol–water partition coefficient (Wildman–Crippen LogP) is 2.64. The highest BCUT2D eigenvalue weighted by atomic mass is 19.3. The number of rotatable bonds is 9. The van der Waals surface area contributed by atoms with Crippen molar-refractivity contribution < 1.29 is 27.5 Å². The maximum Gasteiger partial charge on any atom is 0.387 e. The normalized spacial score (nSPS) is 14.0. The van der Waals surface area contributed by atoms with E-state index in [0.717, 1.165) is 5.56 Å². The Bertz CT molecular complexity index is 999. The first-order chi connectivity index (χ1) is 15.8. The van der Waals surface area contributed by atoms with Crippen molar-refractivity contribution in [3.8, 4) is 17.6 Å². The minimum Gasteiger partial charge on any atom is -0.490 e. The Hall–Kier alpha value is -3.39. The zero-order valence-corrected chi connectivity index (χ0v) is 18.9. The number of aryl methyl sites for hydroxylation is 1. The molecular formula is C22H27F2N5O4. The van der Waals surface area contributed by atoms with Gasteiger partial charge in [0.1, 0.15) is 6.07 Å². The number of likely N-dealkylation sites (N-methyl/N-ethyl adjacent to an activating group) is 1. The molecule has 11 heteroatoms. The third-order valence-electron chi connectivity index (χ3n) is 5.12. The van der Waals surface area contributed by atoms with Gasteiger partial charge in [0.2, 0.25) is 17.5 Å². The molecule has 0 N–H and O–H groups in total. The number of ether oxygens (including phenoxy) is 2. The number of nitrogens with zero attached hydrogens (tertiary/aromatic N) is 5. The Labute approximate surface area is 191 Å².